The van der Waals surface area contributed by atoms with Gasteiger partial charge in [-0.3, -0.25) is 4.79 Å². The summed E-state index contributed by atoms with van der Waals surface area (Å²) in [4.78, 5) is 27.6. The molecule has 1 saturated heterocycles. The Labute approximate surface area is 127 Å². The molecule has 0 radical (unpaired) electrons. The lowest BCUT2D eigenvalue weighted by molar-refractivity contribution is -0.130. The van der Waals surface area contributed by atoms with Gasteiger partial charge in [0.1, 0.15) is 5.60 Å². The SMILES string of the molecule is CCN(C[C@H]1CCCCN1C(=O)OC(C)(C)C)C(=O)CN. The van der Waals surface area contributed by atoms with Crippen LogP contribution in [0.4, 0.5) is 4.79 Å². The van der Waals surface area contributed by atoms with Gasteiger partial charge in [-0.1, -0.05) is 0 Å². The van der Waals surface area contributed by atoms with Gasteiger partial charge in [-0.2, -0.15) is 0 Å². The summed E-state index contributed by atoms with van der Waals surface area (Å²) in [7, 11) is 0. The standard InChI is InChI=1S/C15H29N3O3/c1-5-17(13(19)10-16)11-12-8-6-7-9-18(12)14(20)21-15(2,3)4/h12H,5-11,16H2,1-4H3/t12-/m1/s1. The largest absolute Gasteiger partial charge is 0.444 e. The number of nitrogens with zero attached hydrogens (tertiary/aromatic N) is 2. The molecule has 1 heterocycles. The van der Waals surface area contributed by atoms with Crippen molar-refractivity contribution in [1.82, 2.24) is 9.80 Å². The Morgan fingerprint density at radius 3 is 2.52 bits per heavy atom. The van der Waals surface area contributed by atoms with Gasteiger partial charge in [0.25, 0.3) is 0 Å². The molecule has 1 atom stereocenters. The molecule has 0 saturated carbocycles. The molecule has 0 aromatic heterocycles. The predicted molar refractivity (Wildman–Crippen MR) is 81.9 cm³/mol. The van der Waals surface area contributed by atoms with Gasteiger partial charge >= 0.3 is 6.09 Å². The van der Waals surface area contributed by atoms with Crippen LogP contribution in [0.5, 0.6) is 0 Å². The van der Waals surface area contributed by atoms with E-state index in [2.05, 4.69) is 0 Å². The van der Waals surface area contributed by atoms with E-state index in [0.717, 1.165) is 19.3 Å². The van der Waals surface area contributed by atoms with E-state index in [0.29, 0.717) is 19.6 Å². The van der Waals surface area contributed by atoms with Gasteiger partial charge in [0.15, 0.2) is 0 Å². The molecule has 122 valence electrons. The maximum absolute atomic E-state index is 12.3. The Balaban J connectivity index is 2.72. The van der Waals surface area contributed by atoms with E-state index in [9.17, 15) is 9.59 Å². The minimum absolute atomic E-state index is 0.00694. The zero-order chi connectivity index (χ0) is 16.0. The van der Waals surface area contributed by atoms with Crippen LogP contribution in [0.25, 0.3) is 0 Å². The first kappa shape index (κ1) is 17.8. The number of rotatable bonds is 4. The van der Waals surface area contributed by atoms with Gasteiger partial charge in [0.2, 0.25) is 5.91 Å². The molecule has 1 fully saturated rings. The fraction of sp³-hybridized carbons (Fsp3) is 0.867. The van der Waals surface area contributed by atoms with Crippen LogP contribution in [0.15, 0.2) is 0 Å². The third-order valence-electron chi connectivity index (χ3n) is 3.60. The maximum atomic E-state index is 12.3. The molecule has 0 unspecified atom stereocenters. The Morgan fingerprint density at radius 1 is 1.33 bits per heavy atom. The number of nitrogens with two attached hydrogens (primary N) is 1. The fourth-order valence-electron chi connectivity index (χ4n) is 2.54. The van der Waals surface area contributed by atoms with Crippen LogP contribution < -0.4 is 5.73 Å². The van der Waals surface area contributed by atoms with E-state index in [1.807, 2.05) is 27.7 Å². The van der Waals surface area contributed by atoms with Crippen molar-refractivity contribution >= 4 is 12.0 Å². The number of hydrogen-bond acceptors (Lipinski definition) is 4. The minimum atomic E-state index is -0.503. The molecule has 2 N–H and O–H groups in total. The van der Waals surface area contributed by atoms with Gasteiger partial charge in [0, 0.05) is 19.6 Å². The first-order valence-corrected chi connectivity index (χ1v) is 7.76. The van der Waals surface area contributed by atoms with Crippen LogP contribution >= 0.6 is 0 Å². The summed E-state index contributed by atoms with van der Waals surface area (Å²) >= 11 is 0. The molecular formula is C15H29N3O3. The van der Waals surface area contributed by atoms with Crippen molar-refractivity contribution in [2.75, 3.05) is 26.2 Å². The maximum Gasteiger partial charge on any atom is 0.410 e. The van der Waals surface area contributed by atoms with Crippen LogP contribution in [-0.2, 0) is 9.53 Å². The highest BCUT2D eigenvalue weighted by Crippen LogP contribution is 2.21. The Hall–Kier alpha value is -1.30. The highest BCUT2D eigenvalue weighted by molar-refractivity contribution is 5.78. The number of likely N-dealkylation sites (tertiary alicyclic amines) is 1. The van der Waals surface area contributed by atoms with Crippen molar-refractivity contribution in [2.45, 2.75) is 58.6 Å². The van der Waals surface area contributed by atoms with Crippen LogP contribution in [0, 0.1) is 0 Å². The molecule has 2 amide bonds. The first-order valence-electron chi connectivity index (χ1n) is 7.76. The molecule has 0 bridgehead atoms. The summed E-state index contributed by atoms with van der Waals surface area (Å²) in [5.41, 5.74) is 4.93. The lowest BCUT2D eigenvalue weighted by atomic mass is 10.0. The predicted octanol–water partition coefficient (Wildman–Crippen LogP) is 1.58. The number of carbonyl (C=O) groups is 2. The summed E-state index contributed by atoms with van der Waals surface area (Å²) < 4.78 is 5.47. The molecule has 6 nitrogen and oxygen atoms in total. The number of hydrogen-bond donors (Lipinski definition) is 1. The molecule has 1 rings (SSSR count). The average Bonchev–Trinajstić information content (AvgIpc) is 2.42. The van der Waals surface area contributed by atoms with Crippen LogP contribution in [0.2, 0.25) is 0 Å². The number of amides is 2. The van der Waals surface area contributed by atoms with Gasteiger partial charge < -0.3 is 20.3 Å². The molecule has 6 heteroatoms. The molecule has 0 aromatic rings. The average molecular weight is 299 g/mol. The van der Waals surface area contributed by atoms with Crippen LogP contribution in [0.3, 0.4) is 0 Å². The Kier molecular flexibility index (Phi) is 6.45. The first-order chi connectivity index (χ1) is 9.78. The lowest BCUT2D eigenvalue weighted by Gasteiger charge is -2.39. The second kappa shape index (κ2) is 7.64. The zero-order valence-electron chi connectivity index (χ0n) is 13.7. The molecule has 0 spiro atoms. The van der Waals surface area contributed by atoms with Gasteiger partial charge in [-0.25, -0.2) is 4.79 Å². The smallest absolute Gasteiger partial charge is 0.410 e. The quantitative estimate of drug-likeness (QED) is 0.855. The van der Waals surface area contributed by atoms with E-state index >= 15 is 0 Å². The summed E-state index contributed by atoms with van der Waals surface area (Å²) in [5, 5.41) is 0. The van der Waals surface area contributed by atoms with Crippen molar-refractivity contribution in [3.8, 4) is 0 Å². The summed E-state index contributed by atoms with van der Waals surface area (Å²) in [6, 6.07) is 0.0176. The summed E-state index contributed by atoms with van der Waals surface area (Å²) in [6.45, 7) is 9.34. The van der Waals surface area contributed by atoms with Gasteiger partial charge in [-0.05, 0) is 47.0 Å². The Bertz CT molecular complexity index is 366. The Morgan fingerprint density at radius 2 is 2.00 bits per heavy atom. The normalized spacial score (nSPS) is 19.3. The third kappa shape index (κ3) is 5.53. The topological polar surface area (TPSA) is 75.9 Å². The number of carbonyl (C=O) groups excluding carboxylic acids is 2. The highest BCUT2D eigenvalue weighted by Gasteiger charge is 2.32. The van der Waals surface area contributed by atoms with E-state index in [-0.39, 0.29) is 24.6 Å². The van der Waals surface area contributed by atoms with Crippen LogP contribution in [-0.4, -0.2) is 59.6 Å². The zero-order valence-corrected chi connectivity index (χ0v) is 13.7. The van der Waals surface area contributed by atoms with Crippen LogP contribution in [0.1, 0.15) is 47.0 Å². The van der Waals surface area contributed by atoms with Gasteiger partial charge in [0.05, 0.1) is 12.6 Å². The summed E-state index contributed by atoms with van der Waals surface area (Å²) in [5.74, 6) is -0.0767. The van der Waals surface area contributed by atoms with Crippen molar-refractivity contribution in [1.29, 1.82) is 0 Å². The molecular weight excluding hydrogens is 270 g/mol. The molecule has 21 heavy (non-hydrogen) atoms. The molecule has 0 aliphatic carbocycles. The van der Waals surface area contributed by atoms with E-state index in [1.165, 1.54) is 0 Å². The minimum Gasteiger partial charge on any atom is -0.444 e. The fourth-order valence-corrected chi connectivity index (χ4v) is 2.54. The van der Waals surface area contributed by atoms with Gasteiger partial charge in [-0.15, -0.1) is 0 Å². The molecule has 1 aliphatic heterocycles. The number of likely N-dealkylation sites (N-methyl/N-ethyl adjacent to an activating group) is 1. The van der Waals surface area contributed by atoms with E-state index in [1.54, 1.807) is 9.80 Å². The highest BCUT2D eigenvalue weighted by atomic mass is 16.6. The molecule has 1 aliphatic rings. The number of piperidine rings is 1. The van der Waals surface area contributed by atoms with E-state index < -0.39 is 5.60 Å². The van der Waals surface area contributed by atoms with Crippen molar-refractivity contribution in [2.24, 2.45) is 5.73 Å². The van der Waals surface area contributed by atoms with E-state index in [4.69, 9.17) is 10.5 Å². The monoisotopic (exact) mass is 299 g/mol. The second-order valence-corrected chi connectivity index (χ2v) is 6.46. The third-order valence-corrected chi connectivity index (χ3v) is 3.60. The number of ether oxygens (including phenoxy) is 1. The van der Waals surface area contributed by atoms with Crippen molar-refractivity contribution < 1.29 is 14.3 Å². The lowest BCUT2D eigenvalue weighted by Crippen LogP contribution is -2.52. The summed E-state index contributed by atoms with van der Waals surface area (Å²) in [6.07, 6.45) is 2.65. The van der Waals surface area contributed by atoms with Crippen molar-refractivity contribution in [3.63, 3.8) is 0 Å². The van der Waals surface area contributed by atoms with Crippen molar-refractivity contribution in [3.05, 3.63) is 0 Å². The second-order valence-electron chi connectivity index (χ2n) is 6.46. The molecule has 0 aromatic carbocycles.